The minimum Gasteiger partial charge on any atom is -0.378 e. The van der Waals surface area contributed by atoms with Crippen molar-refractivity contribution >= 4 is 27.1 Å². The zero-order chi connectivity index (χ0) is 14.6. The average molecular weight is 287 g/mol. The third-order valence-electron chi connectivity index (χ3n) is 2.27. The van der Waals surface area contributed by atoms with Crippen molar-refractivity contribution in [1.29, 1.82) is 0 Å². The van der Waals surface area contributed by atoms with Crippen molar-refractivity contribution in [2.45, 2.75) is 0 Å². The van der Waals surface area contributed by atoms with Gasteiger partial charge in [0.15, 0.2) is 0 Å². The minimum absolute atomic E-state index is 0.0142. The predicted molar refractivity (Wildman–Crippen MR) is 69.8 cm³/mol. The van der Waals surface area contributed by atoms with Crippen LogP contribution in [0, 0.1) is 10.1 Å². The molecule has 0 heterocycles. The lowest BCUT2D eigenvalue weighted by Crippen LogP contribution is -2.15. The monoisotopic (exact) mass is 287 g/mol. The molecule has 0 unspecified atom stereocenters. The summed E-state index contributed by atoms with van der Waals surface area (Å²) in [5.74, 6) is -0.923. The largest absolute Gasteiger partial charge is 0.378 e. The smallest absolute Gasteiger partial charge is 0.293 e. The van der Waals surface area contributed by atoms with E-state index in [1.165, 1.54) is 12.1 Å². The molecule has 0 aliphatic rings. The van der Waals surface area contributed by atoms with Crippen LogP contribution in [0.4, 0.5) is 11.4 Å². The van der Waals surface area contributed by atoms with E-state index in [0.29, 0.717) is 0 Å². The highest BCUT2D eigenvalue weighted by Gasteiger charge is 2.16. The zero-order valence-electron chi connectivity index (χ0n) is 10.1. The number of nitrogens with one attached hydrogen (secondary N) is 1. The Hall–Kier alpha value is -2.16. The number of primary amides is 1. The molecular formula is C10H13N3O5S. The molecule has 0 radical (unpaired) electrons. The lowest BCUT2D eigenvalue weighted by atomic mass is 10.1. The lowest BCUT2D eigenvalue weighted by molar-refractivity contribution is -0.384. The zero-order valence-corrected chi connectivity index (χ0v) is 10.9. The van der Waals surface area contributed by atoms with Crippen molar-refractivity contribution in [3.63, 3.8) is 0 Å². The quantitative estimate of drug-likeness (QED) is 0.565. The Morgan fingerprint density at radius 2 is 2.11 bits per heavy atom. The number of benzene rings is 1. The first-order valence-electron chi connectivity index (χ1n) is 5.20. The van der Waals surface area contributed by atoms with E-state index in [-0.39, 0.29) is 29.2 Å². The Labute approximate surface area is 109 Å². The third kappa shape index (κ3) is 4.54. The van der Waals surface area contributed by atoms with E-state index in [2.05, 4.69) is 5.32 Å². The van der Waals surface area contributed by atoms with Gasteiger partial charge in [0.25, 0.3) is 5.69 Å². The van der Waals surface area contributed by atoms with E-state index >= 15 is 0 Å². The fourth-order valence-electron chi connectivity index (χ4n) is 1.36. The maximum absolute atomic E-state index is 10.9. The van der Waals surface area contributed by atoms with E-state index in [0.717, 1.165) is 12.3 Å². The van der Waals surface area contributed by atoms with Crippen molar-refractivity contribution in [3.05, 3.63) is 33.9 Å². The SMILES string of the molecule is CS(=O)(=O)CCNc1ccc(C(N)=O)cc1[N+](=O)[O-]. The van der Waals surface area contributed by atoms with Gasteiger partial charge in [0.1, 0.15) is 15.5 Å². The molecule has 0 fully saturated rings. The van der Waals surface area contributed by atoms with Gasteiger partial charge in [-0.1, -0.05) is 0 Å². The number of nitrogens with two attached hydrogens (primary N) is 1. The Kier molecular flexibility index (Phi) is 4.43. The molecule has 1 aromatic rings. The number of amides is 1. The summed E-state index contributed by atoms with van der Waals surface area (Å²) >= 11 is 0. The van der Waals surface area contributed by atoms with Gasteiger partial charge in [-0.3, -0.25) is 14.9 Å². The molecular weight excluding hydrogens is 274 g/mol. The minimum atomic E-state index is -3.16. The molecule has 8 nitrogen and oxygen atoms in total. The van der Waals surface area contributed by atoms with E-state index in [1.807, 2.05) is 0 Å². The summed E-state index contributed by atoms with van der Waals surface area (Å²) in [6.45, 7) is 0.0373. The number of hydrogen-bond acceptors (Lipinski definition) is 6. The molecule has 0 atom stereocenters. The number of nitrogens with zero attached hydrogens (tertiary/aromatic N) is 1. The lowest BCUT2D eigenvalue weighted by Gasteiger charge is -2.07. The van der Waals surface area contributed by atoms with Crippen LogP contribution in [0.15, 0.2) is 18.2 Å². The molecule has 1 rings (SSSR count). The fraction of sp³-hybridized carbons (Fsp3) is 0.300. The highest BCUT2D eigenvalue weighted by Crippen LogP contribution is 2.25. The number of nitro benzene ring substituents is 1. The van der Waals surface area contributed by atoms with Crippen LogP contribution >= 0.6 is 0 Å². The molecule has 1 amide bonds. The van der Waals surface area contributed by atoms with Crippen molar-refractivity contribution < 1.29 is 18.1 Å². The standard InChI is InChI=1S/C10H13N3O5S/c1-19(17,18)5-4-12-8-3-2-7(10(11)14)6-9(8)13(15)16/h2-3,6,12H,4-5H2,1H3,(H2,11,14). The number of hydrogen-bond donors (Lipinski definition) is 2. The van der Waals surface area contributed by atoms with Crippen molar-refractivity contribution in [2.24, 2.45) is 5.73 Å². The van der Waals surface area contributed by atoms with Gasteiger partial charge >= 0.3 is 0 Å². The van der Waals surface area contributed by atoms with Crippen LogP contribution in [-0.4, -0.2) is 37.8 Å². The summed E-state index contributed by atoms with van der Waals surface area (Å²) in [5.41, 5.74) is 4.85. The molecule has 0 aromatic heterocycles. The van der Waals surface area contributed by atoms with Crippen LogP contribution in [-0.2, 0) is 9.84 Å². The van der Waals surface area contributed by atoms with Gasteiger partial charge in [0, 0.05) is 24.4 Å². The molecule has 9 heteroatoms. The van der Waals surface area contributed by atoms with Gasteiger partial charge in [0.2, 0.25) is 5.91 Å². The molecule has 19 heavy (non-hydrogen) atoms. The van der Waals surface area contributed by atoms with E-state index in [1.54, 1.807) is 0 Å². The summed E-state index contributed by atoms with van der Waals surface area (Å²) in [6.07, 6.45) is 1.07. The fourth-order valence-corrected chi connectivity index (χ4v) is 1.83. The number of carbonyl (C=O) groups excluding carboxylic acids is 1. The third-order valence-corrected chi connectivity index (χ3v) is 3.21. The summed E-state index contributed by atoms with van der Waals surface area (Å²) in [5, 5.41) is 13.5. The van der Waals surface area contributed by atoms with Gasteiger partial charge in [0.05, 0.1) is 10.7 Å². The molecule has 0 spiro atoms. The van der Waals surface area contributed by atoms with E-state index in [4.69, 9.17) is 5.73 Å². The first kappa shape index (κ1) is 14.9. The Morgan fingerprint density at radius 3 is 2.58 bits per heavy atom. The number of carbonyl (C=O) groups is 1. The first-order valence-corrected chi connectivity index (χ1v) is 7.26. The van der Waals surface area contributed by atoms with Crippen LogP contribution in [0.5, 0.6) is 0 Å². The molecule has 0 bridgehead atoms. The molecule has 3 N–H and O–H groups in total. The summed E-state index contributed by atoms with van der Waals surface area (Å²) in [7, 11) is -3.16. The summed E-state index contributed by atoms with van der Waals surface area (Å²) < 4.78 is 21.9. The molecule has 1 aromatic carbocycles. The van der Waals surface area contributed by atoms with Gasteiger partial charge < -0.3 is 11.1 Å². The maximum atomic E-state index is 10.9. The van der Waals surface area contributed by atoms with Gasteiger partial charge in [-0.2, -0.15) is 0 Å². The topological polar surface area (TPSA) is 132 Å². The maximum Gasteiger partial charge on any atom is 0.293 e. The number of nitro groups is 1. The average Bonchev–Trinajstić information content (AvgIpc) is 2.27. The molecule has 0 aliphatic heterocycles. The summed E-state index contributed by atoms with van der Waals surface area (Å²) in [6, 6.07) is 3.70. The van der Waals surface area contributed by atoms with Crippen LogP contribution in [0.2, 0.25) is 0 Å². The highest BCUT2D eigenvalue weighted by atomic mass is 32.2. The van der Waals surface area contributed by atoms with Crippen molar-refractivity contribution in [2.75, 3.05) is 23.9 Å². The van der Waals surface area contributed by atoms with Crippen LogP contribution in [0.1, 0.15) is 10.4 Å². The normalized spacial score (nSPS) is 11.0. The van der Waals surface area contributed by atoms with Crippen molar-refractivity contribution in [3.8, 4) is 0 Å². The molecule has 104 valence electrons. The van der Waals surface area contributed by atoms with Gasteiger partial charge in [-0.25, -0.2) is 8.42 Å². The van der Waals surface area contributed by atoms with Crippen LogP contribution < -0.4 is 11.1 Å². The molecule has 0 saturated carbocycles. The first-order chi connectivity index (χ1) is 8.70. The van der Waals surface area contributed by atoms with Gasteiger partial charge in [-0.05, 0) is 12.1 Å². The second kappa shape index (κ2) is 5.65. The second-order valence-corrected chi connectivity index (χ2v) is 6.17. The molecule has 0 aliphatic carbocycles. The van der Waals surface area contributed by atoms with Crippen molar-refractivity contribution in [1.82, 2.24) is 0 Å². The number of sulfone groups is 1. The van der Waals surface area contributed by atoms with E-state index < -0.39 is 20.7 Å². The summed E-state index contributed by atoms with van der Waals surface area (Å²) in [4.78, 5) is 21.1. The predicted octanol–water partition coefficient (Wildman–Crippen LogP) is 0.150. The van der Waals surface area contributed by atoms with Crippen LogP contribution in [0.3, 0.4) is 0 Å². The number of anilines is 1. The van der Waals surface area contributed by atoms with Gasteiger partial charge in [-0.15, -0.1) is 0 Å². The Morgan fingerprint density at radius 1 is 1.47 bits per heavy atom. The number of rotatable bonds is 6. The Balaban J connectivity index is 2.94. The van der Waals surface area contributed by atoms with Crippen LogP contribution in [0.25, 0.3) is 0 Å². The Bertz CT molecular complexity index is 612. The highest BCUT2D eigenvalue weighted by molar-refractivity contribution is 7.90. The van der Waals surface area contributed by atoms with E-state index in [9.17, 15) is 23.3 Å². The second-order valence-electron chi connectivity index (χ2n) is 3.91. The molecule has 0 saturated heterocycles.